The van der Waals surface area contributed by atoms with Crippen LogP contribution in [-0.4, -0.2) is 40.5 Å². The molecule has 1 fully saturated rings. The molecule has 1 aliphatic heterocycles. The number of aliphatic hydroxyl groups excluding tert-OH is 2. The molecule has 0 radical (unpaired) electrons. The molecule has 21 heavy (non-hydrogen) atoms. The van der Waals surface area contributed by atoms with Gasteiger partial charge in [-0.2, -0.15) is 0 Å². The number of benzene rings is 1. The zero-order chi connectivity index (χ0) is 15.4. The van der Waals surface area contributed by atoms with Crippen LogP contribution in [0.3, 0.4) is 0 Å². The third kappa shape index (κ3) is 4.06. The Balaban J connectivity index is 2.06. The summed E-state index contributed by atoms with van der Waals surface area (Å²) in [4.78, 5) is 5.47. The van der Waals surface area contributed by atoms with Gasteiger partial charge in [0.05, 0.1) is 12.2 Å². The van der Waals surface area contributed by atoms with E-state index in [1.165, 1.54) is 11.8 Å². The summed E-state index contributed by atoms with van der Waals surface area (Å²) >= 11 is 1.36. The zero-order valence-electron chi connectivity index (χ0n) is 11.5. The highest BCUT2D eigenvalue weighted by molar-refractivity contribution is 7.99. The molecule has 1 aromatic rings. The van der Waals surface area contributed by atoms with Gasteiger partial charge in [-0.15, -0.1) is 0 Å². The van der Waals surface area contributed by atoms with Crippen LogP contribution < -0.4 is 16.3 Å². The van der Waals surface area contributed by atoms with Crippen molar-refractivity contribution in [3.05, 3.63) is 23.8 Å². The first-order valence-corrected chi connectivity index (χ1v) is 7.44. The third-order valence-electron chi connectivity index (χ3n) is 3.34. The Hall–Kier alpha value is -0.900. The number of nitrogens with two attached hydrogens (primary N) is 1. The Bertz CT molecular complexity index is 479. The summed E-state index contributed by atoms with van der Waals surface area (Å²) in [6, 6.07) is 5.32. The van der Waals surface area contributed by atoms with Gasteiger partial charge in [-0.05, 0) is 24.6 Å². The highest BCUT2D eigenvalue weighted by Crippen LogP contribution is 2.34. The third-order valence-corrected chi connectivity index (χ3v) is 4.44. The smallest absolute Gasteiger partial charge is 0.154 e. The highest BCUT2D eigenvalue weighted by atomic mass is 32.2. The van der Waals surface area contributed by atoms with E-state index in [0.717, 1.165) is 16.2 Å². The first-order chi connectivity index (χ1) is 10.0. The van der Waals surface area contributed by atoms with E-state index in [2.05, 4.69) is 4.84 Å². The van der Waals surface area contributed by atoms with Crippen LogP contribution >= 0.6 is 11.8 Å². The van der Waals surface area contributed by atoms with Gasteiger partial charge in [-0.1, -0.05) is 22.3 Å². The molecule has 5 N–H and O–H groups in total. The fourth-order valence-corrected chi connectivity index (χ4v) is 3.26. The first kappa shape index (κ1) is 16.5. The monoisotopic (exact) mass is 318 g/mol. The number of rotatable bonds is 5. The van der Waals surface area contributed by atoms with Gasteiger partial charge >= 0.3 is 0 Å². The van der Waals surface area contributed by atoms with Gasteiger partial charge in [0.15, 0.2) is 5.75 Å². The summed E-state index contributed by atoms with van der Waals surface area (Å²) in [6.45, 7) is 1.92. The van der Waals surface area contributed by atoms with Crippen LogP contribution in [0, 0.1) is 6.92 Å². The molecule has 4 atom stereocenters. The molecule has 0 aliphatic carbocycles. The van der Waals surface area contributed by atoms with E-state index in [-0.39, 0.29) is 18.4 Å². The van der Waals surface area contributed by atoms with Crippen LogP contribution in [-0.2, 0) is 4.74 Å². The molecular weight excluding hydrogens is 299 g/mol. The molecule has 1 aliphatic rings. The van der Waals surface area contributed by atoms with Gasteiger partial charge < -0.3 is 25.5 Å². The molecule has 0 amide bonds. The maximum Gasteiger partial charge on any atom is 0.154 e. The van der Waals surface area contributed by atoms with Crippen molar-refractivity contribution in [2.45, 2.75) is 42.0 Å². The minimum Gasteiger partial charge on any atom is -0.390 e. The van der Waals surface area contributed by atoms with Crippen LogP contribution in [0.4, 0.5) is 4.48 Å². The summed E-state index contributed by atoms with van der Waals surface area (Å²) in [6.07, 6.45) is -2.16. The Kier molecular flexibility index (Phi) is 5.80. The average molecular weight is 318 g/mol. The van der Waals surface area contributed by atoms with E-state index in [1.807, 2.05) is 6.07 Å². The lowest BCUT2D eigenvalue weighted by atomic mass is 10.0. The molecule has 1 saturated heterocycles. The fourth-order valence-electron chi connectivity index (χ4n) is 2.14. The molecule has 2 rings (SSSR count). The van der Waals surface area contributed by atoms with E-state index in [0.29, 0.717) is 5.75 Å². The Labute approximate surface area is 126 Å². The lowest BCUT2D eigenvalue weighted by Crippen LogP contribution is -2.50. The van der Waals surface area contributed by atoms with E-state index in [1.54, 1.807) is 19.1 Å². The zero-order valence-corrected chi connectivity index (χ0v) is 12.3. The van der Waals surface area contributed by atoms with Gasteiger partial charge in [0, 0.05) is 23.6 Å². The molecule has 0 spiro atoms. The summed E-state index contributed by atoms with van der Waals surface area (Å²) in [5, 5.41) is 19.6. The molecule has 0 saturated carbocycles. The highest BCUT2D eigenvalue weighted by Gasteiger charge is 2.36. The second kappa shape index (κ2) is 7.39. The number of aryl methyl sites for hydroxylation is 1. The SMILES string of the molecule is Cc1ccc(SC2CC(O)C(O)C(CN)O2)cc1ONF. The normalized spacial score (nSPS) is 29.4. The van der Waals surface area contributed by atoms with E-state index in [9.17, 15) is 14.7 Å². The van der Waals surface area contributed by atoms with Crippen molar-refractivity contribution in [3.8, 4) is 5.75 Å². The second-order valence-corrected chi connectivity index (χ2v) is 6.09. The quantitative estimate of drug-likeness (QED) is 0.467. The van der Waals surface area contributed by atoms with Crippen LogP contribution in [0.1, 0.15) is 12.0 Å². The number of ether oxygens (including phenoxy) is 1. The predicted octanol–water partition coefficient (Wildman–Crippen LogP) is 0.651. The lowest BCUT2D eigenvalue weighted by molar-refractivity contribution is -0.140. The Morgan fingerprint density at radius 1 is 1.52 bits per heavy atom. The summed E-state index contributed by atoms with van der Waals surface area (Å²) < 4.78 is 17.7. The standard InChI is InChI=1S/C13H19FN2O4S/c1-7-2-3-8(4-10(7)20-16-14)21-12-5-9(17)13(18)11(6-15)19-12/h2-4,9,11-13,16-18H,5-6,15H2,1H3. The van der Waals surface area contributed by atoms with E-state index >= 15 is 0 Å². The van der Waals surface area contributed by atoms with Gasteiger partial charge in [0.25, 0.3) is 0 Å². The predicted molar refractivity (Wildman–Crippen MR) is 76.3 cm³/mol. The minimum absolute atomic E-state index is 0.128. The average Bonchev–Trinajstić information content (AvgIpc) is 2.46. The molecule has 1 aromatic carbocycles. The van der Waals surface area contributed by atoms with Crippen molar-refractivity contribution in [1.82, 2.24) is 5.70 Å². The van der Waals surface area contributed by atoms with Crippen LogP contribution in [0.25, 0.3) is 0 Å². The molecule has 0 bridgehead atoms. The maximum absolute atomic E-state index is 12.1. The summed E-state index contributed by atoms with van der Waals surface area (Å²) in [5.74, 6) is 0.370. The second-order valence-electron chi connectivity index (χ2n) is 4.86. The van der Waals surface area contributed by atoms with Gasteiger partial charge in [0.2, 0.25) is 0 Å². The van der Waals surface area contributed by atoms with E-state index in [4.69, 9.17) is 10.5 Å². The van der Waals surface area contributed by atoms with Gasteiger partial charge in [-0.3, -0.25) is 0 Å². The Morgan fingerprint density at radius 3 is 2.95 bits per heavy atom. The fraction of sp³-hybridized carbons (Fsp3) is 0.538. The number of hydrogen-bond acceptors (Lipinski definition) is 7. The number of hydrogen-bond donors (Lipinski definition) is 4. The largest absolute Gasteiger partial charge is 0.390 e. The number of halogens is 1. The summed E-state index contributed by atoms with van der Waals surface area (Å²) in [5.41, 5.74) is 7.11. The van der Waals surface area contributed by atoms with Crippen LogP contribution in [0.5, 0.6) is 5.75 Å². The van der Waals surface area contributed by atoms with Gasteiger partial charge in [-0.25, -0.2) is 0 Å². The van der Waals surface area contributed by atoms with Gasteiger partial charge in [0.1, 0.15) is 11.5 Å². The lowest BCUT2D eigenvalue weighted by Gasteiger charge is -2.36. The van der Waals surface area contributed by atoms with Crippen molar-refractivity contribution < 1.29 is 24.3 Å². The molecule has 118 valence electrons. The summed E-state index contributed by atoms with van der Waals surface area (Å²) in [7, 11) is 0. The molecule has 8 heteroatoms. The number of aliphatic hydroxyl groups is 2. The molecule has 4 unspecified atom stereocenters. The molecule has 1 heterocycles. The molecular formula is C13H19FN2O4S. The molecule has 0 aromatic heterocycles. The van der Waals surface area contributed by atoms with Crippen molar-refractivity contribution in [1.29, 1.82) is 0 Å². The van der Waals surface area contributed by atoms with Crippen LogP contribution in [0.2, 0.25) is 0 Å². The van der Waals surface area contributed by atoms with Crippen LogP contribution in [0.15, 0.2) is 23.1 Å². The van der Waals surface area contributed by atoms with Crippen molar-refractivity contribution >= 4 is 11.8 Å². The van der Waals surface area contributed by atoms with E-state index < -0.39 is 18.3 Å². The van der Waals surface area contributed by atoms with Crippen molar-refractivity contribution in [3.63, 3.8) is 0 Å². The topological polar surface area (TPSA) is 97.0 Å². The maximum atomic E-state index is 12.1. The molecule has 6 nitrogen and oxygen atoms in total. The number of thioether (sulfide) groups is 1. The first-order valence-electron chi connectivity index (χ1n) is 6.56. The Morgan fingerprint density at radius 2 is 2.29 bits per heavy atom. The van der Waals surface area contributed by atoms with Crippen molar-refractivity contribution in [2.75, 3.05) is 6.54 Å². The number of nitrogens with one attached hydrogen (secondary N) is 1. The minimum atomic E-state index is -0.973. The van der Waals surface area contributed by atoms with Crippen molar-refractivity contribution in [2.24, 2.45) is 5.73 Å².